The summed E-state index contributed by atoms with van der Waals surface area (Å²) >= 11 is 5.82. The summed E-state index contributed by atoms with van der Waals surface area (Å²) in [6.45, 7) is 8.01. The second-order valence-electron chi connectivity index (χ2n) is 5.83. The van der Waals surface area contributed by atoms with Crippen LogP contribution in [0.3, 0.4) is 0 Å². The van der Waals surface area contributed by atoms with Gasteiger partial charge >= 0.3 is 0 Å². The van der Waals surface area contributed by atoms with Crippen molar-refractivity contribution >= 4 is 17.5 Å². The summed E-state index contributed by atoms with van der Waals surface area (Å²) in [7, 11) is 0. The van der Waals surface area contributed by atoms with Crippen LogP contribution in [-0.2, 0) is 0 Å². The van der Waals surface area contributed by atoms with Gasteiger partial charge in [0.1, 0.15) is 10.8 Å². The highest BCUT2D eigenvalue weighted by Gasteiger charge is 2.24. The Hall–Kier alpha value is -1.35. The first-order valence-corrected chi connectivity index (χ1v) is 6.87. The van der Waals surface area contributed by atoms with Gasteiger partial charge in [0.25, 0.3) is 5.91 Å². The number of carbonyl (C=O) groups excluding carboxylic acids is 1. The maximum atomic E-state index is 12.3. The van der Waals surface area contributed by atoms with Gasteiger partial charge in [0.05, 0.1) is 0 Å². The van der Waals surface area contributed by atoms with Gasteiger partial charge in [-0.05, 0) is 24.0 Å². The van der Waals surface area contributed by atoms with Crippen LogP contribution in [0.1, 0.15) is 37.7 Å². The lowest BCUT2D eigenvalue weighted by molar-refractivity contribution is 0.0759. The van der Waals surface area contributed by atoms with E-state index in [2.05, 4.69) is 31.8 Å². The van der Waals surface area contributed by atoms with Crippen LogP contribution in [0.15, 0.2) is 29.8 Å². The molecule has 1 amide bonds. The number of hydrogen-bond donors (Lipinski definition) is 0. The third-order valence-electron chi connectivity index (χ3n) is 3.39. The zero-order chi connectivity index (χ0) is 14.0. The third-order valence-corrected chi connectivity index (χ3v) is 3.60. The lowest BCUT2D eigenvalue weighted by atomic mass is 9.83. The fourth-order valence-electron chi connectivity index (χ4n) is 2.22. The Morgan fingerprint density at radius 1 is 1.37 bits per heavy atom. The van der Waals surface area contributed by atoms with Crippen molar-refractivity contribution in [3.8, 4) is 0 Å². The maximum absolute atomic E-state index is 12.3. The van der Waals surface area contributed by atoms with Gasteiger partial charge in [-0.1, -0.05) is 50.1 Å². The molecule has 0 unspecified atom stereocenters. The van der Waals surface area contributed by atoms with E-state index >= 15 is 0 Å². The Kier molecular flexibility index (Phi) is 3.95. The number of carbonyl (C=O) groups is 1. The lowest BCUT2D eigenvalue weighted by Crippen LogP contribution is -2.36. The van der Waals surface area contributed by atoms with E-state index in [0.29, 0.717) is 17.4 Å². The fraction of sp³-hybridized carbons (Fsp3) is 0.467. The predicted octanol–water partition coefficient (Wildman–Crippen LogP) is 3.55. The molecule has 0 atom stereocenters. The number of nitrogens with zero attached hydrogens (tertiary/aromatic N) is 2. The van der Waals surface area contributed by atoms with Crippen molar-refractivity contribution in [1.29, 1.82) is 0 Å². The van der Waals surface area contributed by atoms with Gasteiger partial charge in [0.15, 0.2) is 0 Å². The second kappa shape index (κ2) is 5.33. The van der Waals surface area contributed by atoms with Gasteiger partial charge in [-0.25, -0.2) is 4.98 Å². The van der Waals surface area contributed by atoms with Crippen molar-refractivity contribution in [2.75, 3.05) is 13.1 Å². The van der Waals surface area contributed by atoms with Gasteiger partial charge in [-0.15, -0.1) is 0 Å². The Balaban J connectivity index is 2.10. The van der Waals surface area contributed by atoms with E-state index in [4.69, 9.17) is 11.6 Å². The monoisotopic (exact) mass is 278 g/mol. The Labute approximate surface area is 119 Å². The van der Waals surface area contributed by atoms with Crippen molar-refractivity contribution in [3.63, 3.8) is 0 Å². The van der Waals surface area contributed by atoms with Crippen LogP contribution in [0.25, 0.3) is 0 Å². The van der Waals surface area contributed by atoms with E-state index in [1.807, 2.05) is 4.90 Å². The first kappa shape index (κ1) is 14.1. The number of aromatic nitrogens is 1. The molecule has 0 bridgehead atoms. The summed E-state index contributed by atoms with van der Waals surface area (Å²) in [4.78, 5) is 18.2. The molecule has 2 rings (SSSR count). The number of hydrogen-bond acceptors (Lipinski definition) is 2. The molecule has 0 aliphatic carbocycles. The molecule has 3 nitrogen and oxygen atoms in total. The SMILES string of the molecule is CC(C)(C)C1=CCN(C(=O)c2cccc(Cl)n2)CC1. The van der Waals surface area contributed by atoms with Crippen LogP contribution in [0.2, 0.25) is 5.15 Å². The summed E-state index contributed by atoms with van der Waals surface area (Å²) in [5, 5.41) is 0.355. The highest BCUT2D eigenvalue weighted by Crippen LogP contribution is 2.30. The molecule has 1 aliphatic rings. The normalized spacial score (nSPS) is 16.2. The smallest absolute Gasteiger partial charge is 0.272 e. The lowest BCUT2D eigenvalue weighted by Gasteiger charge is -2.32. The first-order valence-electron chi connectivity index (χ1n) is 6.49. The van der Waals surface area contributed by atoms with Gasteiger partial charge in [0, 0.05) is 13.1 Å². The molecule has 4 heteroatoms. The van der Waals surface area contributed by atoms with Crippen molar-refractivity contribution < 1.29 is 4.79 Å². The van der Waals surface area contributed by atoms with Crippen molar-refractivity contribution in [2.24, 2.45) is 5.41 Å². The molecule has 0 spiro atoms. The van der Waals surface area contributed by atoms with E-state index in [1.54, 1.807) is 18.2 Å². The minimum Gasteiger partial charge on any atom is -0.333 e. The van der Waals surface area contributed by atoms with Gasteiger partial charge < -0.3 is 4.90 Å². The van der Waals surface area contributed by atoms with Crippen LogP contribution in [0.4, 0.5) is 0 Å². The predicted molar refractivity (Wildman–Crippen MR) is 77.3 cm³/mol. The fourth-order valence-corrected chi connectivity index (χ4v) is 2.39. The average Bonchev–Trinajstić information content (AvgIpc) is 2.37. The first-order chi connectivity index (χ1) is 8.88. The maximum Gasteiger partial charge on any atom is 0.272 e. The van der Waals surface area contributed by atoms with Crippen molar-refractivity contribution in [3.05, 3.63) is 40.7 Å². The minimum atomic E-state index is -0.0493. The highest BCUT2D eigenvalue weighted by atomic mass is 35.5. The molecule has 1 aromatic rings. The van der Waals surface area contributed by atoms with Crippen molar-refractivity contribution in [1.82, 2.24) is 9.88 Å². The van der Waals surface area contributed by atoms with Crippen LogP contribution in [0.5, 0.6) is 0 Å². The molecule has 1 aromatic heterocycles. The molecular formula is C15H19ClN2O. The van der Waals surface area contributed by atoms with E-state index < -0.39 is 0 Å². The number of amides is 1. The molecular weight excluding hydrogens is 260 g/mol. The summed E-state index contributed by atoms with van der Waals surface area (Å²) in [5.74, 6) is -0.0493. The van der Waals surface area contributed by atoms with E-state index in [0.717, 1.165) is 13.0 Å². The summed E-state index contributed by atoms with van der Waals surface area (Å²) in [5.41, 5.74) is 2.01. The molecule has 0 radical (unpaired) electrons. The molecule has 2 heterocycles. The van der Waals surface area contributed by atoms with E-state index in [-0.39, 0.29) is 11.3 Å². The molecule has 0 saturated carbocycles. The zero-order valence-electron chi connectivity index (χ0n) is 11.6. The quantitative estimate of drug-likeness (QED) is 0.581. The van der Waals surface area contributed by atoms with Crippen LogP contribution in [-0.4, -0.2) is 28.9 Å². The summed E-state index contributed by atoms with van der Waals surface area (Å²) < 4.78 is 0. The van der Waals surface area contributed by atoms with Gasteiger partial charge in [0.2, 0.25) is 0 Å². The number of halogens is 1. The molecule has 0 aromatic carbocycles. The molecule has 0 saturated heterocycles. The number of rotatable bonds is 1. The Bertz CT molecular complexity index is 517. The molecule has 19 heavy (non-hydrogen) atoms. The minimum absolute atomic E-state index is 0.0493. The largest absolute Gasteiger partial charge is 0.333 e. The zero-order valence-corrected chi connectivity index (χ0v) is 12.4. The standard InChI is InChI=1S/C15H19ClN2O/c1-15(2,3)11-7-9-18(10-8-11)14(19)12-5-4-6-13(16)17-12/h4-7H,8-10H2,1-3H3. The summed E-state index contributed by atoms with van der Waals surface area (Å²) in [6, 6.07) is 5.13. The molecule has 1 aliphatic heterocycles. The van der Waals surface area contributed by atoms with Crippen LogP contribution >= 0.6 is 11.6 Å². The average molecular weight is 279 g/mol. The second-order valence-corrected chi connectivity index (χ2v) is 6.21. The van der Waals surface area contributed by atoms with E-state index in [1.165, 1.54) is 5.57 Å². The molecule has 102 valence electrons. The highest BCUT2D eigenvalue weighted by molar-refractivity contribution is 6.29. The number of pyridine rings is 1. The topological polar surface area (TPSA) is 33.2 Å². The van der Waals surface area contributed by atoms with Gasteiger partial charge in [-0.3, -0.25) is 4.79 Å². The van der Waals surface area contributed by atoms with Crippen LogP contribution in [0, 0.1) is 5.41 Å². The van der Waals surface area contributed by atoms with Crippen LogP contribution < -0.4 is 0 Å². The van der Waals surface area contributed by atoms with E-state index in [9.17, 15) is 4.79 Å². The van der Waals surface area contributed by atoms with Crippen molar-refractivity contribution in [2.45, 2.75) is 27.2 Å². The third kappa shape index (κ3) is 3.35. The Morgan fingerprint density at radius 3 is 2.63 bits per heavy atom. The molecule has 0 fully saturated rings. The van der Waals surface area contributed by atoms with Gasteiger partial charge in [-0.2, -0.15) is 0 Å². The summed E-state index contributed by atoms with van der Waals surface area (Å²) in [6.07, 6.45) is 3.09. The molecule has 0 N–H and O–H groups in total. The Morgan fingerprint density at radius 2 is 2.11 bits per heavy atom.